The molecule has 2 fully saturated rings. The Morgan fingerprint density at radius 2 is 1.62 bits per heavy atom. The van der Waals surface area contributed by atoms with Gasteiger partial charge >= 0.3 is 18.2 Å². The number of aliphatic hydroxyl groups is 1. The number of amides is 3. The topological polar surface area (TPSA) is 128 Å². The minimum Gasteiger partial charge on any atom is -0.493 e. The fourth-order valence-electron chi connectivity index (χ4n) is 5.60. The molecule has 2 saturated carbocycles. The van der Waals surface area contributed by atoms with Crippen molar-refractivity contribution in [3.63, 3.8) is 0 Å². The van der Waals surface area contributed by atoms with Gasteiger partial charge in [0.15, 0.2) is 6.10 Å². The fourth-order valence-corrected chi connectivity index (χ4v) is 5.60. The average Bonchev–Trinajstić information content (AvgIpc) is 3.82. The number of nitrogens with zero attached hydrogens (tertiary/aromatic N) is 1. The number of benzene rings is 2. The molecule has 1 atom stereocenters. The lowest BCUT2D eigenvalue weighted by Gasteiger charge is -2.41. The summed E-state index contributed by atoms with van der Waals surface area (Å²) in [5.74, 6) is -1.52. The molecule has 3 amide bonds. The summed E-state index contributed by atoms with van der Waals surface area (Å²) < 4.78 is 47.2. The van der Waals surface area contributed by atoms with Crippen LogP contribution in [0.25, 0.3) is 0 Å². The van der Waals surface area contributed by atoms with Crippen LogP contribution in [-0.4, -0.2) is 58.3 Å². The number of hydrogen-bond acceptors (Lipinski definition) is 5. The van der Waals surface area contributed by atoms with Gasteiger partial charge in [0.1, 0.15) is 5.75 Å². The lowest BCUT2D eigenvalue weighted by Crippen LogP contribution is -2.45. The molecular formula is C33H42F3N3O6. The third kappa shape index (κ3) is 9.59. The van der Waals surface area contributed by atoms with E-state index in [9.17, 15) is 32.7 Å². The molecule has 2 aliphatic rings. The van der Waals surface area contributed by atoms with Gasteiger partial charge in [0.05, 0.1) is 18.7 Å². The van der Waals surface area contributed by atoms with Crippen LogP contribution in [0, 0.1) is 17.3 Å². The first kappa shape index (κ1) is 34.1. The van der Waals surface area contributed by atoms with Crippen molar-refractivity contribution in [2.75, 3.05) is 18.5 Å². The Hall–Kier alpha value is -3.80. The van der Waals surface area contributed by atoms with Crippen molar-refractivity contribution in [3.05, 3.63) is 59.2 Å². The van der Waals surface area contributed by atoms with E-state index in [1.807, 2.05) is 0 Å². The van der Waals surface area contributed by atoms with E-state index in [-0.39, 0.29) is 47.5 Å². The van der Waals surface area contributed by atoms with Crippen LogP contribution in [0.4, 0.5) is 23.7 Å². The van der Waals surface area contributed by atoms with E-state index in [0.717, 1.165) is 44.6 Å². The number of alkyl halides is 3. The minimum absolute atomic E-state index is 0.00930. The van der Waals surface area contributed by atoms with Gasteiger partial charge < -0.3 is 30.5 Å². The quantitative estimate of drug-likeness (QED) is 0.230. The molecule has 2 aromatic rings. The van der Waals surface area contributed by atoms with Crippen LogP contribution in [0.2, 0.25) is 0 Å². The molecule has 12 heteroatoms. The van der Waals surface area contributed by atoms with E-state index in [4.69, 9.17) is 9.84 Å². The van der Waals surface area contributed by atoms with E-state index in [1.165, 1.54) is 24.3 Å². The number of carbonyl (C=O) groups excluding carboxylic acids is 2. The maximum absolute atomic E-state index is 13.9. The van der Waals surface area contributed by atoms with Gasteiger partial charge in [-0.3, -0.25) is 4.79 Å². The summed E-state index contributed by atoms with van der Waals surface area (Å²) in [6.07, 6.45) is -1.22. The van der Waals surface area contributed by atoms with E-state index in [2.05, 4.69) is 31.4 Å². The Morgan fingerprint density at radius 3 is 2.18 bits per heavy atom. The summed E-state index contributed by atoms with van der Waals surface area (Å²) in [6, 6.07) is 9.28. The molecule has 0 aromatic heterocycles. The minimum atomic E-state index is -4.66. The molecule has 45 heavy (non-hydrogen) atoms. The first-order valence-electron chi connectivity index (χ1n) is 15.3. The number of aliphatic hydroxyl groups excluding tert-OH is 1. The highest BCUT2D eigenvalue weighted by Gasteiger charge is 2.37. The number of carbonyl (C=O) groups is 3. The summed E-state index contributed by atoms with van der Waals surface area (Å²) in [4.78, 5) is 38.5. The van der Waals surface area contributed by atoms with Crippen molar-refractivity contribution in [2.45, 2.75) is 84.2 Å². The summed E-state index contributed by atoms with van der Waals surface area (Å²) >= 11 is 0. The summed E-state index contributed by atoms with van der Waals surface area (Å²) in [5, 5.41) is 23.2. The summed E-state index contributed by atoms with van der Waals surface area (Å²) in [6.45, 7) is 6.51. The molecular weight excluding hydrogens is 591 g/mol. The number of nitrogens with one attached hydrogen (secondary N) is 2. The zero-order chi connectivity index (χ0) is 32.9. The molecule has 0 bridgehead atoms. The molecule has 0 spiro atoms. The van der Waals surface area contributed by atoms with E-state index >= 15 is 0 Å². The second kappa shape index (κ2) is 14.1. The summed E-state index contributed by atoms with van der Waals surface area (Å²) in [5.41, 5.74) is 0.122. The van der Waals surface area contributed by atoms with Gasteiger partial charge in [-0.15, -0.1) is 0 Å². The monoisotopic (exact) mass is 633 g/mol. The van der Waals surface area contributed by atoms with Crippen LogP contribution in [0.3, 0.4) is 0 Å². The molecule has 0 unspecified atom stereocenters. The summed E-state index contributed by atoms with van der Waals surface area (Å²) in [7, 11) is 0. The first-order valence-corrected chi connectivity index (χ1v) is 15.3. The van der Waals surface area contributed by atoms with Crippen molar-refractivity contribution >= 4 is 23.6 Å². The average molecular weight is 634 g/mol. The van der Waals surface area contributed by atoms with Crippen LogP contribution in [0.5, 0.6) is 5.75 Å². The standard InChI is InChI=1S/C33H42F3N3O6/c1-32(2,3)23-10-13-25(14-11-23)39(18-20-6-8-22(9-7-20)29(41)37-17-27(40)30(42)43)31(44)38-24-12-15-28(45-19-21-4-5-21)26(16-24)33(34,35)36/h6-9,12,15-16,21,23,25,27,40H,4-5,10-11,13-14,17-19H2,1-3H3,(H,37,41)(H,38,44)(H,42,43)/t23?,25?,27-/m1/s1. The molecule has 4 N–H and O–H groups in total. The van der Waals surface area contributed by atoms with Crippen molar-refractivity contribution < 1.29 is 42.5 Å². The molecule has 9 nitrogen and oxygen atoms in total. The predicted octanol–water partition coefficient (Wildman–Crippen LogP) is 6.31. The van der Waals surface area contributed by atoms with Gasteiger partial charge in [0.2, 0.25) is 0 Å². The van der Waals surface area contributed by atoms with E-state index in [1.54, 1.807) is 17.0 Å². The number of urea groups is 1. The normalized spacial score (nSPS) is 19.4. The molecule has 0 radical (unpaired) electrons. The highest BCUT2D eigenvalue weighted by atomic mass is 19.4. The second-order valence-electron chi connectivity index (χ2n) is 13.2. The van der Waals surface area contributed by atoms with Gasteiger partial charge in [0, 0.05) is 23.8 Å². The maximum Gasteiger partial charge on any atom is 0.420 e. The smallest absolute Gasteiger partial charge is 0.420 e. The number of carboxylic acids is 1. The number of hydrogen-bond donors (Lipinski definition) is 4. The number of aliphatic carboxylic acids is 1. The predicted molar refractivity (Wildman–Crippen MR) is 162 cm³/mol. The number of anilines is 1. The molecule has 2 aromatic carbocycles. The molecule has 2 aliphatic carbocycles. The van der Waals surface area contributed by atoms with E-state index < -0.39 is 42.3 Å². The van der Waals surface area contributed by atoms with Gasteiger partial charge in [-0.05, 0) is 91.7 Å². The Balaban J connectivity index is 1.50. The van der Waals surface area contributed by atoms with Gasteiger partial charge in [0.25, 0.3) is 5.91 Å². The van der Waals surface area contributed by atoms with Gasteiger partial charge in [-0.25, -0.2) is 9.59 Å². The number of halogens is 3. The van der Waals surface area contributed by atoms with Gasteiger partial charge in [-0.2, -0.15) is 13.2 Å². The van der Waals surface area contributed by atoms with Crippen molar-refractivity contribution in [1.82, 2.24) is 10.2 Å². The van der Waals surface area contributed by atoms with E-state index in [0.29, 0.717) is 11.5 Å². The highest BCUT2D eigenvalue weighted by molar-refractivity contribution is 5.94. The Kier molecular flexibility index (Phi) is 10.7. The molecule has 0 saturated heterocycles. The van der Waals surface area contributed by atoms with Crippen LogP contribution >= 0.6 is 0 Å². The number of carboxylic acid groups (broad SMARTS) is 1. The Morgan fingerprint density at radius 1 is 0.978 bits per heavy atom. The maximum atomic E-state index is 13.9. The molecule has 0 aliphatic heterocycles. The first-order chi connectivity index (χ1) is 21.1. The van der Waals surface area contributed by atoms with Crippen LogP contribution in [0.1, 0.15) is 80.8 Å². The van der Waals surface area contributed by atoms with Crippen molar-refractivity contribution in [3.8, 4) is 5.75 Å². The van der Waals surface area contributed by atoms with Gasteiger partial charge in [-0.1, -0.05) is 32.9 Å². The Labute approximate surface area is 261 Å². The molecule has 246 valence electrons. The second-order valence-corrected chi connectivity index (χ2v) is 13.2. The van der Waals surface area contributed by atoms with Crippen LogP contribution in [-0.2, 0) is 17.5 Å². The number of ether oxygens (including phenoxy) is 1. The molecule has 0 heterocycles. The van der Waals surface area contributed by atoms with Crippen molar-refractivity contribution in [2.24, 2.45) is 17.3 Å². The number of rotatable bonds is 11. The zero-order valence-electron chi connectivity index (χ0n) is 25.8. The zero-order valence-corrected chi connectivity index (χ0v) is 25.8. The highest BCUT2D eigenvalue weighted by Crippen LogP contribution is 2.41. The lowest BCUT2D eigenvalue weighted by molar-refractivity contribution is -0.146. The lowest BCUT2D eigenvalue weighted by atomic mass is 9.71. The van der Waals surface area contributed by atoms with Crippen LogP contribution < -0.4 is 15.4 Å². The Bertz CT molecular complexity index is 1350. The van der Waals surface area contributed by atoms with Crippen LogP contribution in [0.15, 0.2) is 42.5 Å². The third-order valence-corrected chi connectivity index (χ3v) is 8.64. The third-order valence-electron chi connectivity index (χ3n) is 8.64. The SMILES string of the molecule is CC(C)(C)C1CCC(N(Cc2ccc(C(=O)NC[C@@H](O)C(=O)O)cc2)C(=O)Nc2ccc(OCC3CC3)c(C(F)(F)F)c2)CC1. The molecule has 4 rings (SSSR count). The fraction of sp³-hybridized carbons (Fsp3) is 0.545. The van der Waals surface area contributed by atoms with Crippen molar-refractivity contribution in [1.29, 1.82) is 0 Å². The largest absolute Gasteiger partial charge is 0.493 e.